The lowest BCUT2D eigenvalue weighted by atomic mass is 9.50. The molecular weight excluding hydrogens is 504 g/mol. The molecule has 9 heteroatoms. The molecule has 0 saturated carbocycles. The van der Waals surface area contributed by atoms with E-state index in [1.807, 2.05) is 42.6 Å². The number of aliphatic hydroxyl groups excluding tert-OH is 2. The van der Waals surface area contributed by atoms with E-state index in [0.29, 0.717) is 6.04 Å². The van der Waals surface area contributed by atoms with Crippen molar-refractivity contribution in [2.75, 3.05) is 19.3 Å². The van der Waals surface area contributed by atoms with Crippen LogP contribution in [0.1, 0.15) is 25.7 Å². The number of aliphatic hydroxyl groups is 2. The van der Waals surface area contributed by atoms with Crippen LogP contribution in [-0.2, 0) is 14.9 Å². The normalized spacial score (nSPS) is 37.1. The number of likely N-dealkylation sites (tertiary alicyclic amines) is 1. The van der Waals surface area contributed by atoms with Crippen LogP contribution in [0.25, 0.3) is 10.9 Å². The third kappa shape index (κ3) is 3.99. The number of allylic oxidation sites excluding steroid dienone is 1. The Morgan fingerprint density at radius 2 is 1.92 bits per heavy atom. The quantitative estimate of drug-likeness (QED) is 0.402. The first-order valence-electron chi connectivity index (χ1n) is 13.3. The van der Waals surface area contributed by atoms with E-state index in [2.05, 4.69) is 35.1 Å². The van der Waals surface area contributed by atoms with Crippen LogP contribution in [0.3, 0.4) is 0 Å². The van der Waals surface area contributed by atoms with Crippen molar-refractivity contribution in [3.63, 3.8) is 0 Å². The monoisotopic (exact) mass is 538 g/mol. The van der Waals surface area contributed by atoms with E-state index in [0.717, 1.165) is 36.0 Å². The molecule has 202 valence electrons. The number of rotatable bonds is 4. The lowest BCUT2D eigenvalue weighted by Crippen LogP contribution is -2.62. The number of hydrogen-bond acceptors (Lipinski definition) is 7. The van der Waals surface area contributed by atoms with Crippen LogP contribution in [0.4, 0.5) is 0 Å². The van der Waals surface area contributed by atoms with Crippen LogP contribution in [-0.4, -0.2) is 82.4 Å². The second-order valence-electron chi connectivity index (χ2n) is 11.2. The number of aromatic nitrogens is 1. The minimum absolute atomic E-state index is 0.181. The summed E-state index contributed by atoms with van der Waals surface area (Å²) in [6.07, 6.45) is 9.48. The molecule has 3 heterocycles. The molecule has 1 aromatic heterocycles. The summed E-state index contributed by atoms with van der Waals surface area (Å²) in [5, 5.41) is 23.0. The summed E-state index contributed by atoms with van der Waals surface area (Å²) in [4.78, 5) is 6.55. The van der Waals surface area contributed by atoms with Crippen LogP contribution in [0, 0.1) is 11.3 Å². The molecule has 2 aromatic rings. The zero-order valence-corrected chi connectivity index (χ0v) is 22.2. The summed E-state index contributed by atoms with van der Waals surface area (Å²) in [6.45, 7) is 0.888. The standard InChI is InChI=1S/C20H27NO6S.C9H7N/c1-21-9-8-19-13-4-5-15(22)18(19)27-20(7-2-10-28(24,25)26)16(23)6-3-12(17(19)20)11-14(13)21;1-2-6-9-8(4-1)5-3-7-10-9/h3-6,13-16,18,22-23H,2,7-11H2,1H3,(H,24,25,26);1-7H/t13-,14+,15-,16?,18-,19-,20?;/m0./s1. The Morgan fingerprint density at radius 1 is 1.13 bits per heavy atom. The van der Waals surface area contributed by atoms with E-state index in [-0.39, 0.29) is 29.9 Å². The van der Waals surface area contributed by atoms with E-state index >= 15 is 0 Å². The Bertz CT molecular complexity index is 1370. The van der Waals surface area contributed by atoms with Gasteiger partial charge < -0.3 is 19.8 Å². The highest BCUT2D eigenvalue weighted by atomic mass is 32.2. The Kier molecular flexibility index (Phi) is 6.37. The molecule has 2 fully saturated rings. The number of benzene rings is 1. The maximum atomic E-state index is 11.3. The summed E-state index contributed by atoms with van der Waals surface area (Å²) >= 11 is 0. The van der Waals surface area contributed by atoms with Crippen molar-refractivity contribution in [2.45, 2.75) is 55.6 Å². The van der Waals surface area contributed by atoms with Gasteiger partial charge in [0.25, 0.3) is 10.1 Å². The third-order valence-electron chi connectivity index (χ3n) is 9.18. The molecule has 3 aliphatic carbocycles. The zero-order chi connectivity index (χ0) is 26.7. The summed E-state index contributed by atoms with van der Waals surface area (Å²) < 4.78 is 38.2. The van der Waals surface area contributed by atoms with Gasteiger partial charge in [0.1, 0.15) is 11.7 Å². The predicted molar refractivity (Wildman–Crippen MR) is 144 cm³/mol. The van der Waals surface area contributed by atoms with E-state index < -0.39 is 34.0 Å². The van der Waals surface area contributed by atoms with Crippen LogP contribution in [0.15, 0.2) is 78.0 Å². The molecule has 1 aromatic carbocycles. The van der Waals surface area contributed by atoms with Crippen molar-refractivity contribution in [1.29, 1.82) is 0 Å². The maximum absolute atomic E-state index is 11.3. The zero-order valence-electron chi connectivity index (χ0n) is 21.3. The van der Waals surface area contributed by atoms with Crippen molar-refractivity contribution in [3.8, 4) is 0 Å². The summed E-state index contributed by atoms with van der Waals surface area (Å²) in [7, 11) is -1.95. The first-order chi connectivity index (χ1) is 18.2. The summed E-state index contributed by atoms with van der Waals surface area (Å²) in [6, 6.07) is 12.4. The number of hydrogen-bond donors (Lipinski definition) is 3. The van der Waals surface area contributed by atoms with E-state index in [4.69, 9.17) is 9.29 Å². The van der Waals surface area contributed by atoms with Gasteiger partial charge in [-0.2, -0.15) is 8.42 Å². The molecule has 3 N–H and O–H groups in total. The molecule has 0 radical (unpaired) electrons. The molecule has 2 aliphatic heterocycles. The average Bonchev–Trinajstić information content (AvgIpc) is 3.20. The second kappa shape index (κ2) is 9.36. The van der Waals surface area contributed by atoms with Gasteiger partial charge in [-0.05, 0) is 62.6 Å². The topological polar surface area (TPSA) is 120 Å². The van der Waals surface area contributed by atoms with Gasteiger partial charge in [-0.1, -0.05) is 48.6 Å². The molecular formula is C29H34N2O6S. The molecule has 2 unspecified atom stereocenters. The predicted octanol–water partition coefficient (Wildman–Crippen LogP) is 2.90. The average molecular weight is 539 g/mol. The minimum Gasteiger partial charge on any atom is -0.386 e. The molecule has 7 rings (SSSR count). The van der Waals surface area contributed by atoms with Crippen molar-refractivity contribution in [3.05, 3.63) is 78.0 Å². The highest BCUT2D eigenvalue weighted by molar-refractivity contribution is 7.85. The highest BCUT2D eigenvalue weighted by Gasteiger charge is 2.71. The Balaban J connectivity index is 0.000000221. The van der Waals surface area contributed by atoms with Crippen LogP contribution in [0.2, 0.25) is 0 Å². The summed E-state index contributed by atoms with van der Waals surface area (Å²) in [5.41, 5.74) is 1.86. The van der Waals surface area contributed by atoms with Crippen molar-refractivity contribution in [2.24, 2.45) is 11.3 Å². The van der Waals surface area contributed by atoms with E-state index in [1.165, 1.54) is 5.39 Å². The van der Waals surface area contributed by atoms with Gasteiger partial charge in [-0.25, -0.2) is 0 Å². The van der Waals surface area contributed by atoms with Gasteiger partial charge >= 0.3 is 0 Å². The number of pyridine rings is 1. The SMILES string of the molecule is CN1CC[C@]23C4=C5C=CC(O)C4(CCCS(=O)(=O)O)O[C@H]2[C@@H](O)C=C[C@H]3[C@H]1C5.c1ccc2ncccc2c1. The van der Waals surface area contributed by atoms with Crippen LogP contribution >= 0.6 is 0 Å². The van der Waals surface area contributed by atoms with Crippen LogP contribution < -0.4 is 0 Å². The van der Waals surface area contributed by atoms with Crippen LogP contribution in [0.5, 0.6) is 0 Å². The minimum atomic E-state index is -4.09. The van der Waals surface area contributed by atoms with Gasteiger partial charge in [0.15, 0.2) is 0 Å². The fourth-order valence-electron chi connectivity index (χ4n) is 7.65. The Labute approximate surface area is 223 Å². The molecule has 2 bridgehead atoms. The molecule has 1 spiro atoms. The van der Waals surface area contributed by atoms with Gasteiger partial charge in [0, 0.05) is 29.0 Å². The van der Waals surface area contributed by atoms with E-state index in [9.17, 15) is 18.6 Å². The fraction of sp³-hybridized carbons (Fsp3) is 0.483. The fourth-order valence-corrected chi connectivity index (χ4v) is 8.16. The van der Waals surface area contributed by atoms with Crippen molar-refractivity contribution < 1.29 is 27.9 Å². The molecule has 2 saturated heterocycles. The molecule has 8 nitrogen and oxygen atoms in total. The van der Waals surface area contributed by atoms with E-state index in [1.54, 1.807) is 6.08 Å². The Morgan fingerprint density at radius 3 is 2.71 bits per heavy atom. The number of ether oxygens (including phenoxy) is 1. The van der Waals surface area contributed by atoms with Gasteiger partial charge in [-0.3, -0.25) is 9.54 Å². The van der Waals surface area contributed by atoms with Gasteiger partial charge in [-0.15, -0.1) is 0 Å². The number of piperidine rings is 1. The first kappa shape index (κ1) is 25.9. The molecule has 5 aliphatic rings. The first-order valence-corrected chi connectivity index (χ1v) is 14.9. The third-order valence-corrected chi connectivity index (χ3v) is 9.99. The molecule has 7 atom stereocenters. The van der Waals surface area contributed by atoms with Gasteiger partial charge in [0.05, 0.1) is 23.5 Å². The summed E-state index contributed by atoms with van der Waals surface area (Å²) in [5.74, 6) is -0.176. The largest absolute Gasteiger partial charge is 0.386 e. The lowest BCUT2D eigenvalue weighted by Gasteiger charge is -2.58. The second-order valence-corrected chi connectivity index (χ2v) is 12.7. The van der Waals surface area contributed by atoms with Gasteiger partial charge in [0.2, 0.25) is 0 Å². The lowest BCUT2D eigenvalue weighted by molar-refractivity contribution is -0.143. The maximum Gasteiger partial charge on any atom is 0.264 e. The molecule has 0 amide bonds. The van der Waals surface area contributed by atoms with Crippen molar-refractivity contribution >= 4 is 21.0 Å². The smallest absolute Gasteiger partial charge is 0.264 e. The highest BCUT2D eigenvalue weighted by Crippen LogP contribution is 2.67. The number of fused-ring (bicyclic) bond motifs is 1. The van der Waals surface area contributed by atoms with Crippen molar-refractivity contribution in [1.82, 2.24) is 9.88 Å². The number of nitrogens with zero attached hydrogens (tertiary/aromatic N) is 2. The number of para-hydroxylation sites is 1. The Hall–Kier alpha value is -2.40. The molecule has 38 heavy (non-hydrogen) atoms.